The van der Waals surface area contributed by atoms with E-state index in [1.54, 1.807) is 17.6 Å². The Bertz CT molecular complexity index is 738. The molecule has 0 spiro atoms. The Hall–Kier alpha value is -2.60. The number of hydrogen-bond donors (Lipinski definition) is 1. The molecule has 0 fully saturated rings. The summed E-state index contributed by atoms with van der Waals surface area (Å²) in [6, 6.07) is 13.3. The highest BCUT2D eigenvalue weighted by atomic mass is 32.1. The van der Waals surface area contributed by atoms with Gasteiger partial charge in [-0.2, -0.15) is 0 Å². The van der Waals surface area contributed by atoms with Crippen LogP contribution in [0.15, 0.2) is 58.5 Å². The second-order valence-electron chi connectivity index (χ2n) is 4.81. The van der Waals surface area contributed by atoms with Crippen molar-refractivity contribution in [1.29, 1.82) is 0 Å². The van der Waals surface area contributed by atoms with Gasteiger partial charge in [0, 0.05) is 0 Å². The van der Waals surface area contributed by atoms with E-state index in [0.717, 1.165) is 10.6 Å². The standard InChI is InChI=1S/C17H16N2O3S/c20-16(8-9-21-14-5-2-1-3-6-14)18-11-13-12-22-17(19-13)15-7-4-10-23-15/h1-7,10,12H,8-9,11H2,(H,18,20). The number of benzene rings is 1. The lowest BCUT2D eigenvalue weighted by Crippen LogP contribution is -2.24. The smallest absolute Gasteiger partial charge is 0.236 e. The number of rotatable bonds is 7. The molecule has 1 aromatic carbocycles. The van der Waals surface area contributed by atoms with Gasteiger partial charge in [0.05, 0.1) is 30.1 Å². The molecule has 0 saturated heterocycles. The van der Waals surface area contributed by atoms with Gasteiger partial charge >= 0.3 is 0 Å². The summed E-state index contributed by atoms with van der Waals surface area (Å²) in [6.07, 6.45) is 1.86. The van der Waals surface area contributed by atoms with Gasteiger partial charge in [-0.25, -0.2) is 4.98 Å². The Morgan fingerprint density at radius 1 is 1.22 bits per heavy atom. The molecule has 3 rings (SSSR count). The molecule has 0 unspecified atom stereocenters. The number of hydrogen-bond acceptors (Lipinski definition) is 5. The Labute approximate surface area is 137 Å². The van der Waals surface area contributed by atoms with Gasteiger partial charge in [-0.05, 0) is 23.6 Å². The Morgan fingerprint density at radius 3 is 2.87 bits per heavy atom. The first kappa shape index (κ1) is 15.3. The lowest BCUT2D eigenvalue weighted by atomic mass is 10.3. The van der Waals surface area contributed by atoms with Crippen molar-refractivity contribution in [2.75, 3.05) is 6.61 Å². The van der Waals surface area contributed by atoms with Crippen LogP contribution in [0.1, 0.15) is 12.1 Å². The molecule has 2 heterocycles. The molecule has 2 aromatic heterocycles. The first-order chi connectivity index (χ1) is 11.3. The van der Waals surface area contributed by atoms with E-state index in [-0.39, 0.29) is 5.91 Å². The highest BCUT2D eigenvalue weighted by Crippen LogP contribution is 2.23. The topological polar surface area (TPSA) is 64.4 Å². The van der Waals surface area contributed by atoms with E-state index < -0.39 is 0 Å². The van der Waals surface area contributed by atoms with Gasteiger partial charge < -0.3 is 14.5 Å². The van der Waals surface area contributed by atoms with Gasteiger partial charge in [-0.1, -0.05) is 24.3 Å². The Kier molecular flexibility index (Phi) is 5.06. The van der Waals surface area contributed by atoms with Gasteiger partial charge in [0.1, 0.15) is 12.0 Å². The van der Waals surface area contributed by atoms with Crippen LogP contribution in [-0.4, -0.2) is 17.5 Å². The summed E-state index contributed by atoms with van der Waals surface area (Å²) in [5.74, 6) is 1.26. The molecule has 0 atom stereocenters. The van der Waals surface area contributed by atoms with Crippen LogP contribution < -0.4 is 10.1 Å². The van der Waals surface area contributed by atoms with Gasteiger partial charge in [-0.15, -0.1) is 11.3 Å². The van der Waals surface area contributed by atoms with E-state index in [4.69, 9.17) is 9.15 Å². The number of nitrogens with one attached hydrogen (secondary N) is 1. The van der Waals surface area contributed by atoms with Crippen molar-refractivity contribution in [3.63, 3.8) is 0 Å². The highest BCUT2D eigenvalue weighted by Gasteiger charge is 2.08. The maximum atomic E-state index is 11.8. The summed E-state index contributed by atoms with van der Waals surface area (Å²) in [4.78, 5) is 17.1. The molecule has 118 valence electrons. The molecule has 0 radical (unpaired) electrons. The SMILES string of the molecule is O=C(CCOc1ccccc1)NCc1coc(-c2cccs2)n1. The van der Waals surface area contributed by atoms with Crippen molar-refractivity contribution in [3.05, 3.63) is 59.8 Å². The molecular weight excluding hydrogens is 312 g/mol. The van der Waals surface area contributed by atoms with E-state index in [0.29, 0.717) is 31.2 Å². The van der Waals surface area contributed by atoms with Crippen LogP contribution in [0, 0.1) is 0 Å². The number of thiophene rings is 1. The molecule has 0 bridgehead atoms. The van der Waals surface area contributed by atoms with Crippen molar-refractivity contribution < 1.29 is 13.9 Å². The lowest BCUT2D eigenvalue weighted by Gasteiger charge is -2.06. The minimum absolute atomic E-state index is 0.0818. The normalized spacial score (nSPS) is 10.4. The van der Waals surface area contributed by atoms with Crippen LogP contribution in [0.25, 0.3) is 10.8 Å². The molecule has 0 aliphatic carbocycles. The van der Waals surface area contributed by atoms with Crippen molar-refractivity contribution in [2.45, 2.75) is 13.0 Å². The summed E-state index contributed by atoms with van der Waals surface area (Å²) < 4.78 is 10.9. The molecule has 23 heavy (non-hydrogen) atoms. The fourth-order valence-electron chi connectivity index (χ4n) is 1.96. The van der Waals surface area contributed by atoms with Gasteiger partial charge in [0.15, 0.2) is 0 Å². The van der Waals surface area contributed by atoms with Gasteiger partial charge in [0.25, 0.3) is 0 Å². The average molecular weight is 328 g/mol. The van der Waals surface area contributed by atoms with Crippen molar-refractivity contribution in [3.8, 4) is 16.5 Å². The third kappa shape index (κ3) is 4.43. The molecule has 1 N–H and O–H groups in total. The summed E-state index contributed by atoms with van der Waals surface area (Å²) in [6.45, 7) is 0.689. The molecular formula is C17H16N2O3S. The van der Waals surface area contributed by atoms with Crippen LogP contribution in [0.5, 0.6) is 5.75 Å². The average Bonchev–Trinajstić information content (AvgIpc) is 3.25. The molecule has 0 saturated carbocycles. The minimum atomic E-state index is -0.0818. The second-order valence-corrected chi connectivity index (χ2v) is 5.76. The monoisotopic (exact) mass is 328 g/mol. The van der Waals surface area contributed by atoms with Crippen molar-refractivity contribution >= 4 is 17.2 Å². The van der Waals surface area contributed by atoms with Crippen LogP contribution in [-0.2, 0) is 11.3 Å². The van der Waals surface area contributed by atoms with Crippen molar-refractivity contribution in [2.24, 2.45) is 0 Å². The fourth-order valence-corrected chi connectivity index (χ4v) is 2.61. The number of carbonyl (C=O) groups is 1. The van der Waals surface area contributed by atoms with E-state index in [2.05, 4.69) is 10.3 Å². The molecule has 6 heteroatoms. The highest BCUT2D eigenvalue weighted by molar-refractivity contribution is 7.13. The van der Waals surface area contributed by atoms with Crippen LogP contribution in [0.3, 0.4) is 0 Å². The summed E-state index contributed by atoms with van der Waals surface area (Å²) in [5.41, 5.74) is 0.700. The first-order valence-electron chi connectivity index (χ1n) is 7.24. The summed E-state index contributed by atoms with van der Waals surface area (Å²) in [5, 5.41) is 4.77. The van der Waals surface area contributed by atoms with E-state index in [1.165, 1.54) is 0 Å². The quantitative estimate of drug-likeness (QED) is 0.721. The molecule has 3 aromatic rings. The number of oxazole rings is 1. The van der Waals surface area contributed by atoms with Crippen LogP contribution >= 0.6 is 11.3 Å². The van der Waals surface area contributed by atoms with Crippen molar-refractivity contribution in [1.82, 2.24) is 10.3 Å². The van der Waals surface area contributed by atoms with Gasteiger partial charge in [0.2, 0.25) is 11.8 Å². The predicted octanol–water partition coefficient (Wildman–Crippen LogP) is 3.49. The second kappa shape index (κ2) is 7.60. The maximum Gasteiger partial charge on any atom is 0.236 e. The molecule has 5 nitrogen and oxygen atoms in total. The number of amides is 1. The number of aromatic nitrogens is 1. The van der Waals surface area contributed by atoms with E-state index in [9.17, 15) is 4.79 Å². The molecule has 0 aliphatic rings. The maximum absolute atomic E-state index is 11.8. The number of nitrogens with zero attached hydrogens (tertiary/aromatic N) is 1. The zero-order valence-electron chi connectivity index (χ0n) is 12.4. The largest absolute Gasteiger partial charge is 0.493 e. The third-order valence-electron chi connectivity index (χ3n) is 3.09. The molecule has 0 aliphatic heterocycles. The third-order valence-corrected chi connectivity index (χ3v) is 3.95. The minimum Gasteiger partial charge on any atom is -0.493 e. The first-order valence-corrected chi connectivity index (χ1v) is 8.12. The number of carbonyl (C=O) groups excluding carboxylic acids is 1. The predicted molar refractivity (Wildman–Crippen MR) is 88.2 cm³/mol. The Balaban J connectivity index is 1.41. The zero-order valence-corrected chi connectivity index (χ0v) is 13.2. The zero-order chi connectivity index (χ0) is 15.9. The fraction of sp³-hybridized carbons (Fsp3) is 0.176. The number of para-hydroxylation sites is 1. The van der Waals surface area contributed by atoms with E-state index >= 15 is 0 Å². The summed E-state index contributed by atoms with van der Waals surface area (Å²) >= 11 is 1.56. The number of ether oxygens (including phenoxy) is 1. The lowest BCUT2D eigenvalue weighted by molar-refractivity contribution is -0.121. The van der Waals surface area contributed by atoms with Gasteiger partial charge in [-0.3, -0.25) is 4.79 Å². The summed E-state index contributed by atoms with van der Waals surface area (Å²) in [7, 11) is 0. The van der Waals surface area contributed by atoms with Crippen LogP contribution in [0.4, 0.5) is 0 Å². The Morgan fingerprint density at radius 2 is 2.09 bits per heavy atom. The van der Waals surface area contributed by atoms with Crippen LogP contribution in [0.2, 0.25) is 0 Å². The molecule has 1 amide bonds. The van der Waals surface area contributed by atoms with E-state index in [1.807, 2.05) is 47.8 Å².